The van der Waals surface area contributed by atoms with E-state index in [1.54, 1.807) is 33.7 Å². The predicted octanol–water partition coefficient (Wildman–Crippen LogP) is 1.91. The van der Waals surface area contributed by atoms with Crippen LogP contribution in [0.15, 0.2) is 30.6 Å². The van der Waals surface area contributed by atoms with Crippen molar-refractivity contribution < 1.29 is 18.9 Å². The van der Waals surface area contributed by atoms with Crippen LogP contribution in [0.3, 0.4) is 0 Å². The fourth-order valence-electron chi connectivity index (χ4n) is 3.01. The van der Waals surface area contributed by atoms with Gasteiger partial charge in [-0.15, -0.1) is 0 Å². The van der Waals surface area contributed by atoms with E-state index in [2.05, 4.69) is 15.3 Å². The van der Waals surface area contributed by atoms with Crippen LogP contribution in [-0.4, -0.2) is 44.5 Å². The summed E-state index contributed by atoms with van der Waals surface area (Å²) in [7, 11) is 4.81. The van der Waals surface area contributed by atoms with Crippen LogP contribution in [-0.2, 0) is 16.8 Å². The maximum Gasteiger partial charge on any atom is 0.203 e. The molecule has 0 bridgehead atoms. The number of hydrogen-bond donors (Lipinski definition) is 1. The van der Waals surface area contributed by atoms with Gasteiger partial charge in [0.2, 0.25) is 5.75 Å². The monoisotopic (exact) mass is 345 g/mol. The molecule has 0 radical (unpaired) electrons. The summed E-state index contributed by atoms with van der Waals surface area (Å²) in [5, 5.41) is 3.57. The minimum Gasteiger partial charge on any atom is -0.493 e. The van der Waals surface area contributed by atoms with Gasteiger partial charge < -0.3 is 18.9 Å². The molecule has 1 aliphatic heterocycles. The molecular weight excluding hydrogens is 322 g/mol. The van der Waals surface area contributed by atoms with Gasteiger partial charge in [-0.3, -0.25) is 5.32 Å². The number of aromatic nitrogens is 2. The van der Waals surface area contributed by atoms with Crippen LogP contribution in [0.4, 0.5) is 0 Å². The van der Waals surface area contributed by atoms with Crippen molar-refractivity contribution in [3.8, 4) is 17.2 Å². The summed E-state index contributed by atoms with van der Waals surface area (Å²) in [6.45, 7) is 1.82. The third-order valence-electron chi connectivity index (χ3n) is 4.37. The fraction of sp³-hybridized carbons (Fsp3) is 0.444. The molecular formula is C18H23N3O4. The standard InChI is InChI=1S/C18H23N3O4/c1-22-14-9-13(10-15(23-2)16(14)24-3)11-21-18(5-8-25-12-18)17-19-6-4-7-20-17/h4,6-7,9-10,21H,5,8,11-12H2,1-3H3. The Labute approximate surface area is 147 Å². The molecule has 2 heterocycles. The van der Waals surface area contributed by atoms with Gasteiger partial charge in [0.15, 0.2) is 17.3 Å². The Morgan fingerprint density at radius 2 is 1.76 bits per heavy atom. The predicted molar refractivity (Wildman–Crippen MR) is 92.1 cm³/mol. The molecule has 0 spiro atoms. The van der Waals surface area contributed by atoms with Crippen molar-refractivity contribution in [3.63, 3.8) is 0 Å². The molecule has 2 aromatic rings. The van der Waals surface area contributed by atoms with Gasteiger partial charge in [0.1, 0.15) is 5.54 Å². The normalized spacial score (nSPS) is 19.6. The molecule has 134 valence electrons. The first-order valence-electron chi connectivity index (χ1n) is 8.11. The van der Waals surface area contributed by atoms with E-state index in [1.807, 2.05) is 18.2 Å². The second-order valence-corrected chi connectivity index (χ2v) is 5.84. The van der Waals surface area contributed by atoms with Crippen LogP contribution in [0.25, 0.3) is 0 Å². The second-order valence-electron chi connectivity index (χ2n) is 5.84. The van der Waals surface area contributed by atoms with Crippen molar-refractivity contribution >= 4 is 0 Å². The van der Waals surface area contributed by atoms with Crippen molar-refractivity contribution in [2.24, 2.45) is 0 Å². The highest BCUT2D eigenvalue weighted by molar-refractivity contribution is 5.53. The highest BCUT2D eigenvalue weighted by Gasteiger charge is 2.39. The summed E-state index contributed by atoms with van der Waals surface area (Å²) < 4.78 is 21.8. The Morgan fingerprint density at radius 3 is 2.28 bits per heavy atom. The molecule has 7 heteroatoms. The quantitative estimate of drug-likeness (QED) is 0.821. The zero-order chi connectivity index (χ0) is 17.7. The van der Waals surface area contributed by atoms with E-state index >= 15 is 0 Å². The van der Waals surface area contributed by atoms with Gasteiger partial charge in [0.25, 0.3) is 0 Å². The zero-order valence-electron chi connectivity index (χ0n) is 14.7. The third-order valence-corrected chi connectivity index (χ3v) is 4.37. The number of nitrogens with one attached hydrogen (secondary N) is 1. The molecule has 0 saturated carbocycles. The molecule has 1 atom stereocenters. The zero-order valence-corrected chi connectivity index (χ0v) is 14.7. The van der Waals surface area contributed by atoms with Gasteiger partial charge in [-0.25, -0.2) is 9.97 Å². The Morgan fingerprint density at radius 1 is 1.08 bits per heavy atom. The van der Waals surface area contributed by atoms with Crippen LogP contribution in [0.5, 0.6) is 17.2 Å². The molecule has 1 aromatic heterocycles. The van der Waals surface area contributed by atoms with Gasteiger partial charge in [-0.1, -0.05) is 0 Å². The summed E-state index contributed by atoms with van der Waals surface area (Å²) in [4.78, 5) is 8.83. The van der Waals surface area contributed by atoms with Gasteiger partial charge in [0.05, 0.1) is 27.9 Å². The minimum atomic E-state index is -0.387. The first-order chi connectivity index (χ1) is 12.2. The van der Waals surface area contributed by atoms with Crippen molar-refractivity contribution in [2.75, 3.05) is 34.5 Å². The lowest BCUT2D eigenvalue weighted by Crippen LogP contribution is -2.44. The number of benzene rings is 1. The average Bonchev–Trinajstić information content (AvgIpc) is 3.16. The Hall–Kier alpha value is -2.38. The van der Waals surface area contributed by atoms with E-state index < -0.39 is 0 Å². The molecule has 0 amide bonds. The molecule has 1 N–H and O–H groups in total. The first kappa shape index (κ1) is 17.4. The van der Waals surface area contributed by atoms with Crippen LogP contribution in [0.2, 0.25) is 0 Å². The Balaban J connectivity index is 1.84. The number of hydrogen-bond acceptors (Lipinski definition) is 7. The smallest absolute Gasteiger partial charge is 0.203 e. The molecule has 1 fully saturated rings. The molecule has 1 saturated heterocycles. The van der Waals surface area contributed by atoms with E-state index in [0.717, 1.165) is 17.8 Å². The number of ether oxygens (including phenoxy) is 4. The molecule has 7 nitrogen and oxygen atoms in total. The number of nitrogens with zero attached hydrogens (tertiary/aromatic N) is 2. The number of methoxy groups -OCH3 is 3. The van der Waals surface area contributed by atoms with E-state index in [-0.39, 0.29) is 5.54 Å². The molecule has 3 rings (SSSR count). The van der Waals surface area contributed by atoms with Gasteiger partial charge in [-0.05, 0) is 30.2 Å². The molecule has 25 heavy (non-hydrogen) atoms. The molecule has 1 unspecified atom stereocenters. The fourth-order valence-corrected chi connectivity index (χ4v) is 3.01. The summed E-state index contributed by atoms with van der Waals surface area (Å²) >= 11 is 0. The minimum absolute atomic E-state index is 0.387. The van der Waals surface area contributed by atoms with Crippen molar-refractivity contribution in [1.29, 1.82) is 0 Å². The lowest BCUT2D eigenvalue weighted by molar-refractivity contribution is 0.162. The van der Waals surface area contributed by atoms with E-state index in [1.165, 1.54) is 0 Å². The van der Waals surface area contributed by atoms with Gasteiger partial charge in [-0.2, -0.15) is 0 Å². The van der Waals surface area contributed by atoms with Crippen LogP contribution in [0, 0.1) is 0 Å². The van der Waals surface area contributed by atoms with Gasteiger partial charge in [0, 0.05) is 25.5 Å². The maximum atomic E-state index is 5.62. The Kier molecular flexibility index (Phi) is 5.35. The summed E-state index contributed by atoms with van der Waals surface area (Å²) in [5.41, 5.74) is 0.624. The highest BCUT2D eigenvalue weighted by Crippen LogP contribution is 2.38. The van der Waals surface area contributed by atoms with E-state index in [4.69, 9.17) is 18.9 Å². The third kappa shape index (κ3) is 3.52. The molecule has 1 aromatic carbocycles. The van der Waals surface area contributed by atoms with Crippen molar-refractivity contribution in [2.45, 2.75) is 18.5 Å². The number of rotatable bonds is 7. The highest BCUT2D eigenvalue weighted by atomic mass is 16.5. The lowest BCUT2D eigenvalue weighted by Gasteiger charge is -2.27. The topological polar surface area (TPSA) is 74.7 Å². The SMILES string of the molecule is COc1cc(CNC2(c3ncccn3)CCOC2)cc(OC)c1OC. The first-order valence-corrected chi connectivity index (χ1v) is 8.11. The van der Waals surface area contributed by atoms with Crippen LogP contribution in [0.1, 0.15) is 17.8 Å². The summed E-state index contributed by atoms with van der Waals surface area (Å²) in [6.07, 6.45) is 4.33. The average molecular weight is 345 g/mol. The maximum absolute atomic E-state index is 5.62. The van der Waals surface area contributed by atoms with Crippen molar-refractivity contribution in [3.05, 3.63) is 42.0 Å². The van der Waals surface area contributed by atoms with Gasteiger partial charge >= 0.3 is 0 Å². The van der Waals surface area contributed by atoms with Crippen molar-refractivity contribution in [1.82, 2.24) is 15.3 Å². The Bertz CT molecular complexity index is 678. The summed E-state index contributed by atoms with van der Waals surface area (Å²) in [6, 6.07) is 5.68. The summed E-state index contributed by atoms with van der Waals surface area (Å²) in [5.74, 6) is 2.59. The van der Waals surface area contributed by atoms with Crippen LogP contribution < -0.4 is 19.5 Å². The van der Waals surface area contributed by atoms with E-state index in [0.29, 0.717) is 37.0 Å². The molecule has 0 aliphatic carbocycles. The van der Waals surface area contributed by atoms with E-state index in [9.17, 15) is 0 Å². The largest absolute Gasteiger partial charge is 0.493 e. The lowest BCUT2D eigenvalue weighted by atomic mass is 9.96. The molecule has 1 aliphatic rings. The van der Waals surface area contributed by atoms with Crippen LogP contribution >= 0.6 is 0 Å². The second kappa shape index (κ2) is 7.67.